The van der Waals surface area contributed by atoms with Crippen LogP contribution in [0, 0.1) is 0 Å². The SMILES string of the molecule is O=C(CP(O)(O)=S)NC1C(O)OC(CO)C(O)C1O. The van der Waals surface area contributed by atoms with E-state index < -0.39 is 55.8 Å². The lowest BCUT2D eigenvalue weighted by atomic mass is 9.97. The molecule has 1 rings (SSSR count). The van der Waals surface area contributed by atoms with Gasteiger partial charge in [-0.15, -0.1) is 0 Å². The summed E-state index contributed by atoms with van der Waals surface area (Å²) in [6.45, 7) is -4.37. The Balaban J connectivity index is 2.67. The number of amides is 1. The first kappa shape index (κ1) is 16.9. The highest BCUT2D eigenvalue weighted by molar-refractivity contribution is 8.09. The number of rotatable bonds is 4. The van der Waals surface area contributed by atoms with Crippen molar-refractivity contribution in [1.82, 2.24) is 5.32 Å². The number of hydrogen-bond donors (Lipinski definition) is 7. The third-order valence-corrected chi connectivity index (χ3v) is 3.66. The van der Waals surface area contributed by atoms with Gasteiger partial charge in [0.15, 0.2) is 12.8 Å². The Kier molecular flexibility index (Phi) is 5.80. The first-order valence-corrected chi connectivity index (χ1v) is 8.19. The Labute approximate surface area is 113 Å². The van der Waals surface area contributed by atoms with Crippen molar-refractivity contribution in [3.05, 3.63) is 0 Å². The summed E-state index contributed by atoms with van der Waals surface area (Å²) in [6.07, 6.45) is -6.68. The number of aliphatic hydroxyl groups is 4. The fourth-order valence-electron chi connectivity index (χ4n) is 1.67. The number of aliphatic hydroxyl groups excluding tert-OH is 4. The lowest BCUT2D eigenvalue weighted by Crippen LogP contribution is -2.64. The molecular formula is C8H16NO8PS. The molecule has 1 aliphatic rings. The minimum atomic E-state index is -3.75. The predicted molar refractivity (Wildman–Crippen MR) is 65.5 cm³/mol. The van der Waals surface area contributed by atoms with Crippen LogP contribution in [0.3, 0.4) is 0 Å². The summed E-state index contributed by atoms with van der Waals surface area (Å²) in [5.41, 5.74) is 0. The van der Waals surface area contributed by atoms with E-state index in [1.807, 2.05) is 0 Å². The van der Waals surface area contributed by atoms with Crippen LogP contribution in [0.2, 0.25) is 0 Å². The van der Waals surface area contributed by atoms with E-state index in [-0.39, 0.29) is 0 Å². The molecule has 19 heavy (non-hydrogen) atoms. The van der Waals surface area contributed by atoms with Crippen molar-refractivity contribution >= 4 is 24.2 Å². The quantitative estimate of drug-likeness (QED) is 0.258. The molecule has 1 amide bonds. The summed E-state index contributed by atoms with van der Waals surface area (Å²) in [5.74, 6) is -0.908. The average Bonchev–Trinajstić information content (AvgIpc) is 2.27. The van der Waals surface area contributed by atoms with Gasteiger partial charge < -0.3 is 40.3 Å². The highest BCUT2D eigenvalue weighted by atomic mass is 32.5. The van der Waals surface area contributed by atoms with E-state index in [1.165, 1.54) is 0 Å². The van der Waals surface area contributed by atoms with Gasteiger partial charge in [0.2, 0.25) is 5.91 Å². The third kappa shape index (κ3) is 4.71. The summed E-state index contributed by atoms with van der Waals surface area (Å²) in [6, 6.07) is -1.37. The van der Waals surface area contributed by atoms with Gasteiger partial charge >= 0.3 is 0 Å². The third-order valence-electron chi connectivity index (χ3n) is 2.58. The fraction of sp³-hybridized carbons (Fsp3) is 0.875. The molecule has 0 aliphatic carbocycles. The van der Waals surface area contributed by atoms with E-state index in [0.29, 0.717) is 0 Å². The van der Waals surface area contributed by atoms with Crippen LogP contribution in [0.5, 0.6) is 0 Å². The van der Waals surface area contributed by atoms with Gasteiger partial charge in [-0.3, -0.25) is 4.79 Å². The van der Waals surface area contributed by atoms with Crippen LogP contribution in [-0.4, -0.2) is 79.5 Å². The van der Waals surface area contributed by atoms with Crippen LogP contribution >= 0.6 is 6.49 Å². The lowest BCUT2D eigenvalue weighted by molar-refractivity contribution is -0.253. The van der Waals surface area contributed by atoms with Gasteiger partial charge in [0.25, 0.3) is 0 Å². The molecule has 0 spiro atoms. The van der Waals surface area contributed by atoms with E-state index >= 15 is 0 Å². The van der Waals surface area contributed by atoms with Gasteiger partial charge in [-0.2, -0.15) is 0 Å². The Morgan fingerprint density at radius 2 is 1.84 bits per heavy atom. The molecule has 0 radical (unpaired) electrons. The van der Waals surface area contributed by atoms with Gasteiger partial charge in [0, 0.05) is 0 Å². The molecule has 1 heterocycles. The molecule has 0 aromatic rings. The molecule has 0 aromatic carbocycles. The highest BCUT2D eigenvalue weighted by Gasteiger charge is 2.44. The van der Waals surface area contributed by atoms with Crippen molar-refractivity contribution < 1.29 is 39.7 Å². The minimum Gasteiger partial charge on any atom is -0.394 e. The predicted octanol–water partition coefficient (Wildman–Crippen LogP) is -3.80. The Bertz CT molecular complexity index is 376. The van der Waals surface area contributed by atoms with Gasteiger partial charge in [0.1, 0.15) is 30.5 Å². The second-order valence-corrected chi connectivity index (χ2v) is 7.54. The van der Waals surface area contributed by atoms with Crippen LogP contribution in [0.4, 0.5) is 0 Å². The number of ether oxygens (including phenoxy) is 1. The number of carbonyl (C=O) groups excluding carboxylic acids is 1. The zero-order valence-electron chi connectivity index (χ0n) is 9.66. The molecule has 1 fully saturated rings. The second-order valence-electron chi connectivity index (χ2n) is 4.14. The molecule has 5 atom stereocenters. The van der Waals surface area contributed by atoms with Gasteiger partial charge in [0.05, 0.1) is 6.61 Å². The van der Waals surface area contributed by atoms with Crippen molar-refractivity contribution in [2.24, 2.45) is 0 Å². The second kappa shape index (κ2) is 6.53. The molecule has 1 saturated heterocycles. The maximum absolute atomic E-state index is 11.4. The molecule has 112 valence electrons. The minimum absolute atomic E-state index is 0.621. The maximum atomic E-state index is 11.4. The standard InChI is InChI=1S/C8H16NO8PS/c10-1-3-6(12)7(13)5(8(14)17-3)9-4(11)2-18(15,16)19/h3,5-8,10,12-14H,1-2H2,(H,9,11)(H2,15,16,19). The Morgan fingerprint density at radius 1 is 1.26 bits per heavy atom. The molecular weight excluding hydrogens is 301 g/mol. The molecule has 9 nitrogen and oxygen atoms in total. The van der Waals surface area contributed by atoms with Gasteiger partial charge in [-0.25, -0.2) is 0 Å². The van der Waals surface area contributed by atoms with Crippen LogP contribution in [-0.2, 0) is 21.3 Å². The first-order chi connectivity index (χ1) is 8.65. The monoisotopic (exact) mass is 317 g/mol. The number of carbonyl (C=O) groups is 1. The number of hydrogen-bond acceptors (Lipinski definition) is 7. The molecule has 11 heteroatoms. The van der Waals surface area contributed by atoms with E-state index in [1.54, 1.807) is 0 Å². The average molecular weight is 317 g/mol. The fourth-order valence-corrected chi connectivity index (χ4v) is 2.49. The zero-order valence-corrected chi connectivity index (χ0v) is 11.4. The summed E-state index contributed by atoms with van der Waals surface area (Å²) in [4.78, 5) is 29.3. The van der Waals surface area contributed by atoms with E-state index in [9.17, 15) is 20.1 Å². The van der Waals surface area contributed by atoms with E-state index in [2.05, 4.69) is 17.1 Å². The van der Waals surface area contributed by atoms with E-state index in [4.69, 9.17) is 19.6 Å². The van der Waals surface area contributed by atoms with Gasteiger partial charge in [-0.05, 0) is 11.8 Å². The summed E-state index contributed by atoms with van der Waals surface area (Å²) in [5, 5.41) is 39.7. The number of nitrogens with one attached hydrogen (secondary N) is 1. The maximum Gasteiger partial charge on any atom is 0.230 e. The van der Waals surface area contributed by atoms with Crippen molar-refractivity contribution in [2.45, 2.75) is 30.6 Å². The van der Waals surface area contributed by atoms with Crippen LogP contribution in [0.15, 0.2) is 0 Å². The molecule has 1 aliphatic heterocycles. The zero-order chi connectivity index (χ0) is 14.8. The van der Waals surface area contributed by atoms with Crippen LogP contribution < -0.4 is 5.32 Å². The molecule has 0 saturated carbocycles. The highest BCUT2D eigenvalue weighted by Crippen LogP contribution is 2.34. The molecule has 0 aromatic heterocycles. The molecule has 7 N–H and O–H groups in total. The normalized spacial score (nSPS) is 36.0. The molecule has 0 bridgehead atoms. The van der Waals surface area contributed by atoms with Crippen molar-refractivity contribution in [3.63, 3.8) is 0 Å². The lowest BCUT2D eigenvalue weighted by Gasteiger charge is -2.40. The van der Waals surface area contributed by atoms with Crippen molar-refractivity contribution in [2.75, 3.05) is 12.8 Å². The largest absolute Gasteiger partial charge is 0.394 e. The summed E-state index contributed by atoms with van der Waals surface area (Å²) in [7, 11) is 0. The van der Waals surface area contributed by atoms with E-state index in [0.717, 1.165) is 0 Å². The topological polar surface area (TPSA) is 160 Å². The van der Waals surface area contributed by atoms with Crippen LogP contribution in [0.25, 0.3) is 0 Å². The summed E-state index contributed by atoms with van der Waals surface area (Å²) >= 11 is 4.27. The van der Waals surface area contributed by atoms with Gasteiger partial charge in [-0.1, -0.05) is 0 Å². The van der Waals surface area contributed by atoms with Crippen LogP contribution in [0.1, 0.15) is 0 Å². The smallest absolute Gasteiger partial charge is 0.230 e. The van der Waals surface area contributed by atoms with Crippen molar-refractivity contribution in [1.29, 1.82) is 0 Å². The van der Waals surface area contributed by atoms with Crippen molar-refractivity contribution in [3.8, 4) is 0 Å². The summed E-state index contributed by atoms with van der Waals surface area (Å²) < 4.78 is 4.80. The first-order valence-electron chi connectivity index (χ1n) is 5.30. The Hall–Kier alpha value is -0.160. The molecule has 5 unspecified atom stereocenters. The Morgan fingerprint density at radius 3 is 2.32 bits per heavy atom.